The van der Waals surface area contributed by atoms with Gasteiger partial charge in [0, 0.05) is 49.5 Å². The van der Waals surface area contributed by atoms with Gasteiger partial charge < -0.3 is 14.5 Å². The fourth-order valence-corrected chi connectivity index (χ4v) is 6.44. The zero-order valence-electron chi connectivity index (χ0n) is 21.2. The second-order valence-corrected chi connectivity index (χ2v) is 10.1. The van der Waals surface area contributed by atoms with Crippen LogP contribution in [-0.2, 0) is 6.54 Å². The molecule has 6 rings (SSSR count). The number of anilines is 2. The summed E-state index contributed by atoms with van der Waals surface area (Å²) in [4.78, 5) is 11.9. The number of piperidine rings is 1. The van der Waals surface area contributed by atoms with E-state index in [1.807, 2.05) is 18.3 Å². The number of nitrogens with zero attached hydrogens (tertiary/aromatic N) is 4. The highest BCUT2D eigenvalue weighted by Crippen LogP contribution is 2.51. The Bertz CT molecular complexity index is 1230. The Morgan fingerprint density at radius 1 is 0.917 bits per heavy atom. The van der Waals surface area contributed by atoms with Gasteiger partial charge in [-0.05, 0) is 82.0 Å². The van der Waals surface area contributed by atoms with Crippen LogP contribution in [0.1, 0.15) is 50.8 Å². The molecule has 186 valence electrons. The normalized spacial score (nSPS) is 22.5. The van der Waals surface area contributed by atoms with Gasteiger partial charge in [-0.2, -0.15) is 0 Å². The fraction of sp³-hybridized carbons (Fsp3) is 0.400. The van der Waals surface area contributed by atoms with Gasteiger partial charge in [0.25, 0.3) is 0 Å². The van der Waals surface area contributed by atoms with Crippen molar-refractivity contribution >= 4 is 17.2 Å². The number of benzene rings is 2. The van der Waals surface area contributed by atoms with E-state index >= 15 is 0 Å². The van der Waals surface area contributed by atoms with E-state index in [1.54, 1.807) is 0 Å². The third-order valence-electron chi connectivity index (χ3n) is 8.21. The molecule has 0 radical (unpaired) electrons. The lowest BCUT2D eigenvalue weighted by Crippen LogP contribution is -2.49. The average Bonchev–Trinajstić information content (AvgIpc) is 3.14. The number of para-hydroxylation sites is 2. The topological polar surface area (TPSA) is 55.7 Å². The summed E-state index contributed by atoms with van der Waals surface area (Å²) in [5.74, 6) is 2.31. The molecule has 0 spiro atoms. The van der Waals surface area contributed by atoms with E-state index < -0.39 is 0 Å². The number of amidine groups is 1. The summed E-state index contributed by atoms with van der Waals surface area (Å²) in [7, 11) is 0. The van der Waals surface area contributed by atoms with Crippen molar-refractivity contribution in [3.63, 3.8) is 0 Å². The molecule has 0 aliphatic carbocycles. The number of hydrogen-bond acceptors (Lipinski definition) is 5. The number of aromatic nitrogens is 1. The van der Waals surface area contributed by atoms with Crippen molar-refractivity contribution in [1.82, 2.24) is 14.8 Å². The Hall–Kier alpha value is -3.38. The monoisotopic (exact) mass is 481 g/mol. The van der Waals surface area contributed by atoms with Crippen LogP contribution in [0.3, 0.4) is 0 Å². The molecule has 36 heavy (non-hydrogen) atoms. The van der Waals surface area contributed by atoms with Gasteiger partial charge in [-0.3, -0.25) is 15.3 Å². The van der Waals surface area contributed by atoms with Gasteiger partial charge in [-0.1, -0.05) is 18.2 Å². The summed E-state index contributed by atoms with van der Waals surface area (Å²) < 4.78 is 6.43. The molecule has 0 amide bonds. The lowest BCUT2D eigenvalue weighted by Gasteiger charge is -2.46. The number of pyridine rings is 1. The average molecular weight is 482 g/mol. The van der Waals surface area contributed by atoms with Crippen LogP contribution in [-0.4, -0.2) is 51.8 Å². The maximum Gasteiger partial charge on any atom is 0.151 e. The molecule has 3 aliphatic heterocycles. The second kappa shape index (κ2) is 9.58. The quantitative estimate of drug-likeness (QED) is 0.336. The molecule has 1 aromatic heterocycles. The summed E-state index contributed by atoms with van der Waals surface area (Å²) in [6, 6.07) is 22.5. The van der Waals surface area contributed by atoms with Crippen molar-refractivity contribution in [2.24, 2.45) is 0 Å². The summed E-state index contributed by atoms with van der Waals surface area (Å²) in [5, 5.41) is 8.72. The van der Waals surface area contributed by atoms with Crippen molar-refractivity contribution < 1.29 is 4.74 Å². The van der Waals surface area contributed by atoms with Crippen LogP contribution in [0.25, 0.3) is 0 Å². The third-order valence-corrected chi connectivity index (χ3v) is 8.21. The lowest BCUT2D eigenvalue weighted by molar-refractivity contribution is 0.118. The minimum atomic E-state index is 0.416. The van der Waals surface area contributed by atoms with Crippen LogP contribution in [0.5, 0.6) is 11.5 Å². The zero-order valence-corrected chi connectivity index (χ0v) is 21.2. The molecule has 2 saturated heterocycles. The summed E-state index contributed by atoms with van der Waals surface area (Å²) in [5.41, 5.74) is 4.34. The van der Waals surface area contributed by atoms with Crippen molar-refractivity contribution in [1.29, 1.82) is 5.41 Å². The lowest BCUT2D eigenvalue weighted by atomic mass is 9.93. The summed E-state index contributed by atoms with van der Waals surface area (Å²) >= 11 is 0. The molecular formula is C30H35N5O. The molecule has 3 aliphatic rings. The standard InChI is InChI=1S/C30H35N5O/c1-3-33(4-2)30(31)21-12-15-27-29(17-21)36-28-11-6-5-10-26(28)35(27)25-18-23-13-14-24(19-25)34(23)20-22-9-7-8-16-32-22/h5-12,15-17,23-25,31H,3-4,13-14,18-20H2,1-2H3/t23-,24+,25+. The van der Waals surface area contributed by atoms with Gasteiger partial charge in [-0.15, -0.1) is 0 Å². The van der Waals surface area contributed by atoms with E-state index in [2.05, 4.69) is 82.1 Å². The van der Waals surface area contributed by atoms with Gasteiger partial charge >= 0.3 is 0 Å². The minimum absolute atomic E-state index is 0.416. The predicted octanol–water partition coefficient (Wildman–Crippen LogP) is 6.19. The smallest absolute Gasteiger partial charge is 0.151 e. The Labute approximate surface area is 214 Å². The van der Waals surface area contributed by atoms with Gasteiger partial charge in [0.05, 0.1) is 17.1 Å². The van der Waals surface area contributed by atoms with Crippen LogP contribution in [0.2, 0.25) is 0 Å². The molecule has 6 nitrogen and oxygen atoms in total. The molecule has 0 unspecified atom stereocenters. The first-order valence-corrected chi connectivity index (χ1v) is 13.4. The minimum Gasteiger partial charge on any atom is -0.453 e. The first kappa shape index (κ1) is 23.0. The second-order valence-electron chi connectivity index (χ2n) is 10.1. The molecule has 2 bridgehead atoms. The van der Waals surface area contributed by atoms with Crippen LogP contribution < -0.4 is 9.64 Å². The van der Waals surface area contributed by atoms with Crippen LogP contribution >= 0.6 is 0 Å². The molecule has 2 fully saturated rings. The van der Waals surface area contributed by atoms with Gasteiger partial charge in [0.2, 0.25) is 0 Å². The Morgan fingerprint density at radius 2 is 1.64 bits per heavy atom. The highest BCUT2D eigenvalue weighted by Gasteiger charge is 2.44. The van der Waals surface area contributed by atoms with E-state index in [0.717, 1.165) is 66.6 Å². The fourth-order valence-electron chi connectivity index (χ4n) is 6.44. The van der Waals surface area contributed by atoms with Gasteiger partial charge in [-0.25, -0.2) is 0 Å². The number of hydrogen-bond donors (Lipinski definition) is 1. The molecule has 4 heterocycles. The largest absolute Gasteiger partial charge is 0.453 e. The molecule has 1 N–H and O–H groups in total. The van der Waals surface area contributed by atoms with Crippen LogP contribution in [0, 0.1) is 5.41 Å². The molecule has 3 aromatic rings. The SMILES string of the molecule is CCN(CC)C(=N)c1ccc2c(c1)Oc1ccccc1N2[C@H]1C[C@H]2CC[C@@H](C1)N2Cc1ccccn1. The number of ether oxygens (including phenoxy) is 1. The predicted molar refractivity (Wildman–Crippen MR) is 144 cm³/mol. The highest BCUT2D eigenvalue weighted by atomic mass is 16.5. The maximum absolute atomic E-state index is 8.72. The van der Waals surface area contributed by atoms with Crippen molar-refractivity contribution in [3.05, 3.63) is 78.1 Å². The molecular weight excluding hydrogens is 446 g/mol. The number of nitrogens with one attached hydrogen (secondary N) is 1. The van der Waals surface area contributed by atoms with Crippen LogP contribution in [0.15, 0.2) is 66.9 Å². The van der Waals surface area contributed by atoms with Crippen molar-refractivity contribution in [2.45, 2.75) is 64.2 Å². The Kier molecular flexibility index (Phi) is 6.13. The first-order valence-electron chi connectivity index (χ1n) is 13.4. The van der Waals surface area contributed by atoms with Gasteiger partial charge in [0.15, 0.2) is 11.5 Å². The Balaban J connectivity index is 1.31. The molecule has 3 atom stereocenters. The van der Waals surface area contributed by atoms with E-state index in [-0.39, 0.29) is 0 Å². The number of fused-ring (bicyclic) bond motifs is 4. The third kappa shape index (κ3) is 4.03. The first-order chi connectivity index (χ1) is 17.7. The van der Waals surface area contributed by atoms with E-state index in [9.17, 15) is 0 Å². The molecule has 2 aromatic carbocycles. The molecule has 0 saturated carbocycles. The van der Waals surface area contributed by atoms with E-state index in [1.165, 1.54) is 12.8 Å². The summed E-state index contributed by atoms with van der Waals surface area (Å²) in [6.07, 6.45) is 6.68. The summed E-state index contributed by atoms with van der Waals surface area (Å²) in [6.45, 7) is 6.78. The molecule has 6 heteroatoms. The Morgan fingerprint density at radius 3 is 2.36 bits per heavy atom. The highest BCUT2D eigenvalue weighted by molar-refractivity contribution is 5.98. The van der Waals surface area contributed by atoms with Gasteiger partial charge in [0.1, 0.15) is 5.84 Å². The number of rotatable bonds is 6. The zero-order chi connectivity index (χ0) is 24.6. The van der Waals surface area contributed by atoms with E-state index in [0.29, 0.717) is 24.0 Å². The van der Waals surface area contributed by atoms with E-state index in [4.69, 9.17) is 10.1 Å². The van der Waals surface area contributed by atoms with Crippen LogP contribution in [0.4, 0.5) is 11.4 Å². The maximum atomic E-state index is 8.72. The van der Waals surface area contributed by atoms with Crippen molar-refractivity contribution in [2.75, 3.05) is 18.0 Å². The van der Waals surface area contributed by atoms with Crippen molar-refractivity contribution in [3.8, 4) is 11.5 Å².